The summed E-state index contributed by atoms with van der Waals surface area (Å²) in [5.41, 5.74) is 3.10. The molecule has 1 saturated heterocycles. The van der Waals surface area contributed by atoms with Crippen LogP contribution in [0.5, 0.6) is 0 Å². The third-order valence-corrected chi connectivity index (χ3v) is 5.97. The number of amides is 1. The monoisotopic (exact) mass is 342 g/mol. The number of carbonyl (C=O) groups is 1. The van der Waals surface area contributed by atoms with E-state index in [-0.39, 0.29) is 18.0 Å². The van der Waals surface area contributed by atoms with Crippen LogP contribution in [0.25, 0.3) is 0 Å². The number of benzene rings is 1. The molecule has 0 spiro atoms. The van der Waals surface area contributed by atoms with Crippen molar-refractivity contribution < 1.29 is 9.90 Å². The van der Waals surface area contributed by atoms with Gasteiger partial charge < -0.3 is 10.4 Å². The Morgan fingerprint density at radius 2 is 2.00 bits per heavy atom. The maximum absolute atomic E-state index is 12.2. The van der Waals surface area contributed by atoms with E-state index in [0.717, 1.165) is 43.5 Å². The van der Waals surface area contributed by atoms with Gasteiger partial charge in [0.25, 0.3) is 5.91 Å². The minimum atomic E-state index is -0.391. The van der Waals surface area contributed by atoms with E-state index in [9.17, 15) is 9.90 Å². The first-order chi connectivity index (χ1) is 11.7. The van der Waals surface area contributed by atoms with E-state index in [2.05, 4.69) is 16.3 Å². The number of hydrogen-bond donors (Lipinski definition) is 2. The number of thiophene rings is 1. The van der Waals surface area contributed by atoms with Gasteiger partial charge in [-0.1, -0.05) is 24.3 Å². The van der Waals surface area contributed by atoms with Crippen molar-refractivity contribution in [1.29, 1.82) is 0 Å². The highest BCUT2D eigenvalue weighted by atomic mass is 32.1. The Hall–Kier alpha value is -1.69. The van der Waals surface area contributed by atoms with Gasteiger partial charge >= 0.3 is 0 Å². The van der Waals surface area contributed by atoms with E-state index in [4.69, 9.17) is 0 Å². The average Bonchev–Trinajstić information content (AvgIpc) is 3.25. The van der Waals surface area contributed by atoms with E-state index in [1.54, 1.807) is 11.3 Å². The summed E-state index contributed by atoms with van der Waals surface area (Å²) in [6, 6.07) is 10.5. The number of likely N-dealkylation sites (tertiary alicyclic amines) is 1. The molecular formula is C19H22N2O2S. The number of carbonyl (C=O) groups excluding carboxylic acids is 1. The van der Waals surface area contributed by atoms with Crippen LogP contribution in [0.4, 0.5) is 0 Å². The Morgan fingerprint density at radius 3 is 2.71 bits per heavy atom. The lowest BCUT2D eigenvalue weighted by atomic mass is 10.0. The van der Waals surface area contributed by atoms with Crippen LogP contribution in [-0.4, -0.2) is 41.1 Å². The molecule has 1 fully saturated rings. The van der Waals surface area contributed by atoms with Gasteiger partial charge in [-0.3, -0.25) is 9.69 Å². The number of piperidine rings is 1. The van der Waals surface area contributed by atoms with Gasteiger partial charge in [-0.05, 0) is 41.8 Å². The summed E-state index contributed by atoms with van der Waals surface area (Å²) in [6.45, 7) is 1.84. The predicted octanol–water partition coefficient (Wildman–Crippen LogP) is 2.60. The fourth-order valence-electron chi connectivity index (χ4n) is 3.92. The summed E-state index contributed by atoms with van der Waals surface area (Å²) in [4.78, 5) is 14.5. The lowest BCUT2D eigenvalue weighted by molar-refractivity contribution is 0.0427. The summed E-state index contributed by atoms with van der Waals surface area (Å²) in [7, 11) is 0. The first-order valence-corrected chi connectivity index (χ1v) is 9.49. The zero-order valence-electron chi connectivity index (χ0n) is 13.5. The smallest absolute Gasteiger partial charge is 0.252 e. The Balaban J connectivity index is 1.33. The van der Waals surface area contributed by atoms with Crippen LogP contribution < -0.4 is 5.32 Å². The van der Waals surface area contributed by atoms with Crippen LogP contribution in [0.1, 0.15) is 40.4 Å². The van der Waals surface area contributed by atoms with Crippen molar-refractivity contribution in [3.05, 3.63) is 57.8 Å². The van der Waals surface area contributed by atoms with Crippen molar-refractivity contribution in [1.82, 2.24) is 10.2 Å². The minimum Gasteiger partial charge on any atom is -0.387 e. The molecular weight excluding hydrogens is 320 g/mol. The second kappa shape index (κ2) is 6.67. The first kappa shape index (κ1) is 15.8. The summed E-state index contributed by atoms with van der Waals surface area (Å²) in [5.74, 6) is 0.0306. The minimum absolute atomic E-state index is 0.0306. The van der Waals surface area contributed by atoms with Crippen molar-refractivity contribution in [3.8, 4) is 0 Å². The summed E-state index contributed by atoms with van der Waals surface area (Å²) >= 11 is 1.54. The van der Waals surface area contributed by atoms with Crippen molar-refractivity contribution in [2.45, 2.75) is 37.5 Å². The topological polar surface area (TPSA) is 52.6 Å². The molecule has 2 atom stereocenters. The zero-order valence-corrected chi connectivity index (χ0v) is 14.3. The van der Waals surface area contributed by atoms with Crippen molar-refractivity contribution in [3.63, 3.8) is 0 Å². The van der Waals surface area contributed by atoms with Crippen LogP contribution in [0, 0.1) is 0 Å². The van der Waals surface area contributed by atoms with Gasteiger partial charge in [-0.15, -0.1) is 0 Å². The van der Waals surface area contributed by atoms with Gasteiger partial charge in [0.1, 0.15) is 0 Å². The van der Waals surface area contributed by atoms with Crippen LogP contribution in [0.15, 0.2) is 41.1 Å². The molecule has 5 heteroatoms. The molecule has 0 bridgehead atoms. The second-order valence-electron chi connectivity index (χ2n) is 6.71. The van der Waals surface area contributed by atoms with Crippen molar-refractivity contribution in [2.24, 2.45) is 0 Å². The number of hydrogen-bond acceptors (Lipinski definition) is 4. The number of rotatable bonds is 3. The molecule has 1 aliphatic heterocycles. The molecule has 4 rings (SSSR count). The molecule has 1 amide bonds. The second-order valence-corrected chi connectivity index (χ2v) is 7.49. The third kappa shape index (κ3) is 2.99. The molecule has 126 valence electrons. The molecule has 2 unspecified atom stereocenters. The molecule has 2 heterocycles. The number of nitrogens with one attached hydrogen (secondary N) is 1. The maximum Gasteiger partial charge on any atom is 0.252 e. The van der Waals surface area contributed by atoms with Gasteiger partial charge in [0, 0.05) is 36.1 Å². The Labute approximate surface area is 146 Å². The van der Waals surface area contributed by atoms with Crippen LogP contribution in [0.3, 0.4) is 0 Å². The normalized spacial score (nSPS) is 24.7. The highest BCUT2D eigenvalue weighted by Crippen LogP contribution is 2.35. The number of aliphatic hydroxyl groups excluding tert-OH is 1. The van der Waals surface area contributed by atoms with Gasteiger partial charge in [0.2, 0.25) is 0 Å². The van der Waals surface area contributed by atoms with E-state index >= 15 is 0 Å². The van der Waals surface area contributed by atoms with E-state index in [1.807, 2.05) is 35.0 Å². The standard InChI is InChI=1S/C19H22N2O2S/c22-18-16-4-2-1-3-13(16)11-17(18)21-8-5-15(6-9-21)20-19(23)14-7-10-24-12-14/h1-4,7,10,12,15,17-18,22H,5-6,8-9,11H2,(H,20,23). The Morgan fingerprint density at radius 1 is 1.21 bits per heavy atom. The average molecular weight is 342 g/mol. The lowest BCUT2D eigenvalue weighted by Crippen LogP contribution is -2.49. The molecule has 1 aromatic heterocycles. The number of aliphatic hydroxyl groups is 1. The quantitative estimate of drug-likeness (QED) is 0.901. The molecule has 0 radical (unpaired) electrons. The van der Waals surface area contributed by atoms with Gasteiger partial charge in [-0.25, -0.2) is 0 Å². The fourth-order valence-corrected chi connectivity index (χ4v) is 4.56. The Bertz CT molecular complexity index is 708. The highest BCUT2D eigenvalue weighted by molar-refractivity contribution is 7.08. The molecule has 24 heavy (non-hydrogen) atoms. The molecule has 4 nitrogen and oxygen atoms in total. The molecule has 1 aromatic carbocycles. The zero-order chi connectivity index (χ0) is 16.5. The number of fused-ring (bicyclic) bond motifs is 1. The first-order valence-electron chi connectivity index (χ1n) is 8.55. The molecule has 2 aliphatic rings. The summed E-state index contributed by atoms with van der Waals surface area (Å²) < 4.78 is 0. The molecule has 2 N–H and O–H groups in total. The SMILES string of the molecule is O=C(NC1CCN(C2Cc3ccccc3C2O)CC1)c1ccsc1. The fraction of sp³-hybridized carbons (Fsp3) is 0.421. The molecule has 2 aromatic rings. The Kier molecular flexibility index (Phi) is 4.39. The van der Waals surface area contributed by atoms with Crippen molar-refractivity contribution in [2.75, 3.05) is 13.1 Å². The van der Waals surface area contributed by atoms with Crippen LogP contribution in [-0.2, 0) is 6.42 Å². The maximum atomic E-state index is 12.2. The largest absolute Gasteiger partial charge is 0.387 e. The van der Waals surface area contributed by atoms with E-state index < -0.39 is 6.10 Å². The van der Waals surface area contributed by atoms with Gasteiger partial charge in [0.15, 0.2) is 0 Å². The predicted molar refractivity (Wildman–Crippen MR) is 95.3 cm³/mol. The van der Waals surface area contributed by atoms with E-state index in [0.29, 0.717) is 0 Å². The van der Waals surface area contributed by atoms with Crippen LogP contribution in [0.2, 0.25) is 0 Å². The van der Waals surface area contributed by atoms with Crippen LogP contribution >= 0.6 is 11.3 Å². The molecule has 0 saturated carbocycles. The van der Waals surface area contributed by atoms with E-state index in [1.165, 1.54) is 5.56 Å². The molecule has 1 aliphatic carbocycles. The lowest BCUT2D eigenvalue weighted by Gasteiger charge is -2.37. The third-order valence-electron chi connectivity index (χ3n) is 5.28. The highest BCUT2D eigenvalue weighted by Gasteiger charge is 2.36. The summed E-state index contributed by atoms with van der Waals surface area (Å²) in [6.07, 6.45) is 2.41. The van der Waals surface area contributed by atoms with Crippen molar-refractivity contribution >= 4 is 17.2 Å². The number of nitrogens with zero attached hydrogens (tertiary/aromatic N) is 1. The van der Waals surface area contributed by atoms with Gasteiger partial charge in [-0.2, -0.15) is 11.3 Å². The van der Waals surface area contributed by atoms with Gasteiger partial charge in [0.05, 0.1) is 6.10 Å². The summed E-state index contributed by atoms with van der Waals surface area (Å²) in [5, 5.41) is 17.6.